The van der Waals surface area contributed by atoms with E-state index in [1.165, 1.54) is 28.9 Å². The molecule has 1 N–H and O–H groups in total. The second-order valence-corrected chi connectivity index (χ2v) is 5.83. The highest BCUT2D eigenvalue weighted by Crippen LogP contribution is 2.29. The number of benzene rings is 2. The summed E-state index contributed by atoms with van der Waals surface area (Å²) in [6.45, 7) is 2.54. The van der Waals surface area contributed by atoms with E-state index in [1.54, 1.807) is 30.3 Å². The maximum Gasteiger partial charge on any atom is 0.393 e. The molecule has 0 spiro atoms. The Labute approximate surface area is 148 Å². The van der Waals surface area contributed by atoms with E-state index in [4.69, 9.17) is 0 Å². The fraction of sp³-hybridized carbons (Fsp3) is 0.211. The van der Waals surface area contributed by atoms with Crippen LogP contribution in [-0.4, -0.2) is 22.5 Å². The van der Waals surface area contributed by atoms with Crippen molar-refractivity contribution in [3.63, 3.8) is 0 Å². The third-order valence-electron chi connectivity index (χ3n) is 3.75. The molecule has 0 aliphatic heterocycles. The number of hydrogen-bond donors (Lipinski definition) is 1. The van der Waals surface area contributed by atoms with Gasteiger partial charge in [0.25, 0.3) is 0 Å². The number of rotatable bonds is 5. The van der Waals surface area contributed by atoms with Crippen LogP contribution in [0.5, 0.6) is 0 Å². The molecule has 136 valence electrons. The van der Waals surface area contributed by atoms with Crippen LogP contribution >= 0.6 is 0 Å². The van der Waals surface area contributed by atoms with Crippen LogP contribution in [0.2, 0.25) is 0 Å². The highest BCUT2D eigenvalue weighted by atomic mass is 19.4. The van der Waals surface area contributed by atoms with Gasteiger partial charge >= 0.3 is 6.18 Å². The SMILES string of the molecule is CCNc1cc(-c2cccc(CC(F)(F)F)c2)n(-c2cccc(F)c2)n1. The van der Waals surface area contributed by atoms with Crippen molar-refractivity contribution < 1.29 is 17.6 Å². The molecule has 0 aliphatic rings. The first-order valence-corrected chi connectivity index (χ1v) is 8.11. The van der Waals surface area contributed by atoms with Crippen LogP contribution < -0.4 is 5.32 Å². The quantitative estimate of drug-likeness (QED) is 0.630. The largest absolute Gasteiger partial charge is 0.393 e. The molecule has 3 aromatic rings. The molecule has 3 rings (SSSR count). The smallest absolute Gasteiger partial charge is 0.369 e. The summed E-state index contributed by atoms with van der Waals surface area (Å²) in [5.41, 5.74) is 1.81. The summed E-state index contributed by atoms with van der Waals surface area (Å²) < 4.78 is 53.2. The Hall–Kier alpha value is -2.83. The molecule has 3 nitrogen and oxygen atoms in total. The highest BCUT2D eigenvalue weighted by Gasteiger charge is 2.27. The standard InChI is InChI=1S/C19H17F4N3/c1-2-24-18-11-17(26(25-18)16-8-4-7-15(20)10-16)14-6-3-5-13(9-14)12-19(21,22)23/h3-11H,2,12H2,1H3,(H,24,25). The van der Waals surface area contributed by atoms with Gasteiger partial charge < -0.3 is 5.32 Å². The van der Waals surface area contributed by atoms with Crippen molar-refractivity contribution in [2.75, 3.05) is 11.9 Å². The Morgan fingerprint density at radius 2 is 1.81 bits per heavy atom. The Bertz CT molecular complexity index is 900. The predicted octanol–water partition coefficient (Wildman–Crippen LogP) is 5.22. The summed E-state index contributed by atoms with van der Waals surface area (Å²) in [4.78, 5) is 0. The Balaban J connectivity index is 2.08. The minimum Gasteiger partial charge on any atom is -0.369 e. The Morgan fingerprint density at radius 3 is 2.50 bits per heavy atom. The lowest BCUT2D eigenvalue weighted by Gasteiger charge is -2.10. The zero-order valence-electron chi connectivity index (χ0n) is 14.0. The molecular formula is C19H17F4N3. The minimum atomic E-state index is -4.28. The number of nitrogens with zero attached hydrogens (tertiary/aromatic N) is 2. The number of anilines is 1. The van der Waals surface area contributed by atoms with Gasteiger partial charge in [-0.2, -0.15) is 13.2 Å². The van der Waals surface area contributed by atoms with Crippen molar-refractivity contribution in [2.24, 2.45) is 0 Å². The molecule has 1 aromatic heterocycles. The molecule has 7 heteroatoms. The first-order valence-electron chi connectivity index (χ1n) is 8.11. The number of hydrogen-bond acceptors (Lipinski definition) is 2. The maximum atomic E-state index is 13.6. The van der Waals surface area contributed by atoms with Crippen LogP contribution in [0.3, 0.4) is 0 Å². The lowest BCUT2D eigenvalue weighted by atomic mass is 10.1. The molecule has 26 heavy (non-hydrogen) atoms. The van der Waals surface area contributed by atoms with Gasteiger partial charge in [0.2, 0.25) is 0 Å². The van der Waals surface area contributed by atoms with Crippen LogP contribution in [0.25, 0.3) is 16.9 Å². The third kappa shape index (κ3) is 4.22. The molecule has 1 heterocycles. The first kappa shape index (κ1) is 18.0. The molecule has 0 fully saturated rings. The highest BCUT2D eigenvalue weighted by molar-refractivity contribution is 5.66. The van der Waals surface area contributed by atoms with Crippen molar-refractivity contribution in [2.45, 2.75) is 19.5 Å². The van der Waals surface area contributed by atoms with Crippen molar-refractivity contribution in [1.82, 2.24) is 9.78 Å². The van der Waals surface area contributed by atoms with E-state index in [0.29, 0.717) is 29.3 Å². The summed E-state index contributed by atoms with van der Waals surface area (Å²) in [7, 11) is 0. The molecule has 0 atom stereocenters. The van der Waals surface area contributed by atoms with Crippen molar-refractivity contribution in [3.05, 3.63) is 66.0 Å². The molecular weight excluding hydrogens is 346 g/mol. The van der Waals surface area contributed by atoms with Crippen LogP contribution in [-0.2, 0) is 6.42 Å². The lowest BCUT2D eigenvalue weighted by molar-refractivity contribution is -0.127. The van der Waals surface area contributed by atoms with Gasteiger partial charge in [0.05, 0.1) is 17.8 Å². The van der Waals surface area contributed by atoms with Crippen LogP contribution in [0, 0.1) is 5.82 Å². The van der Waals surface area contributed by atoms with E-state index in [1.807, 2.05) is 6.92 Å². The van der Waals surface area contributed by atoms with Gasteiger partial charge in [0.15, 0.2) is 0 Å². The number of halogens is 4. The Kier molecular flexibility index (Phi) is 4.97. The molecule has 0 unspecified atom stereocenters. The van der Waals surface area contributed by atoms with Crippen LogP contribution in [0.4, 0.5) is 23.4 Å². The average Bonchev–Trinajstić information content (AvgIpc) is 2.98. The van der Waals surface area contributed by atoms with Gasteiger partial charge in [0.1, 0.15) is 11.6 Å². The van der Waals surface area contributed by atoms with Gasteiger partial charge in [-0.05, 0) is 36.8 Å². The van der Waals surface area contributed by atoms with E-state index in [0.717, 1.165) is 0 Å². The van der Waals surface area contributed by atoms with E-state index >= 15 is 0 Å². The second-order valence-electron chi connectivity index (χ2n) is 5.83. The summed E-state index contributed by atoms with van der Waals surface area (Å²) in [6, 6.07) is 13.8. The van der Waals surface area contributed by atoms with Crippen LogP contribution in [0.15, 0.2) is 54.6 Å². The molecule has 0 radical (unpaired) electrons. The fourth-order valence-corrected chi connectivity index (χ4v) is 2.73. The lowest BCUT2D eigenvalue weighted by Crippen LogP contribution is -2.11. The third-order valence-corrected chi connectivity index (χ3v) is 3.75. The predicted molar refractivity (Wildman–Crippen MR) is 92.9 cm³/mol. The van der Waals surface area contributed by atoms with Gasteiger partial charge in [-0.15, -0.1) is 5.10 Å². The van der Waals surface area contributed by atoms with E-state index in [2.05, 4.69) is 10.4 Å². The fourth-order valence-electron chi connectivity index (χ4n) is 2.73. The number of alkyl halides is 3. The van der Waals surface area contributed by atoms with E-state index in [9.17, 15) is 17.6 Å². The molecule has 0 amide bonds. The summed E-state index contributed by atoms with van der Waals surface area (Å²) in [5, 5.41) is 7.48. The van der Waals surface area contributed by atoms with Crippen molar-refractivity contribution >= 4 is 5.82 Å². The average molecular weight is 363 g/mol. The maximum absolute atomic E-state index is 13.6. The molecule has 2 aromatic carbocycles. The second kappa shape index (κ2) is 7.19. The minimum absolute atomic E-state index is 0.159. The van der Waals surface area contributed by atoms with E-state index in [-0.39, 0.29) is 5.56 Å². The summed E-state index contributed by atoms with van der Waals surface area (Å²) in [5.74, 6) is 0.146. The van der Waals surface area contributed by atoms with Crippen molar-refractivity contribution in [3.8, 4) is 16.9 Å². The number of nitrogens with one attached hydrogen (secondary N) is 1. The van der Waals surface area contributed by atoms with Crippen LogP contribution in [0.1, 0.15) is 12.5 Å². The van der Waals surface area contributed by atoms with Gasteiger partial charge in [0, 0.05) is 18.2 Å². The van der Waals surface area contributed by atoms with Gasteiger partial charge in [-0.25, -0.2) is 9.07 Å². The molecule has 0 bridgehead atoms. The monoisotopic (exact) mass is 363 g/mol. The summed E-state index contributed by atoms with van der Waals surface area (Å²) >= 11 is 0. The van der Waals surface area contributed by atoms with Gasteiger partial charge in [-0.1, -0.05) is 24.3 Å². The topological polar surface area (TPSA) is 29.9 Å². The zero-order valence-corrected chi connectivity index (χ0v) is 14.0. The zero-order chi connectivity index (χ0) is 18.7. The van der Waals surface area contributed by atoms with E-state index < -0.39 is 18.4 Å². The number of aromatic nitrogens is 2. The van der Waals surface area contributed by atoms with Gasteiger partial charge in [-0.3, -0.25) is 0 Å². The normalized spacial score (nSPS) is 11.6. The Morgan fingerprint density at radius 1 is 1.04 bits per heavy atom. The molecule has 0 saturated heterocycles. The summed E-state index contributed by atoms with van der Waals surface area (Å²) in [6.07, 6.45) is -5.29. The first-order chi connectivity index (χ1) is 12.4. The van der Waals surface area contributed by atoms with Crippen molar-refractivity contribution in [1.29, 1.82) is 0 Å². The molecule has 0 aliphatic carbocycles. The molecule has 0 saturated carbocycles.